The Kier molecular flexibility index (Phi) is 4.47. The van der Waals surface area contributed by atoms with E-state index in [4.69, 9.17) is 11.6 Å². The lowest BCUT2D eigenvalue weighted by Gasteiger charge is -2.27. The van der Waals surface area contributed by atoms with E-state index in [0.29, 0.717) is 5.69 Å². The lowest BCUT2D eigenvalue weighted by Crippen LogP contribution is -2.18. The van der Waals surface area contributed by atoms with Crippen molar-refractivity contribution in [2.45, 2.75) is 65.7 Å². The van der Waals surface area contributed by atoms with Crippen molar-refractivity contribution < 1.29 is 5.11 Å². The monoisotopic (exact) mass is 373 g/mol. The number of hydrogen-bond donors (Lipinski definition) is 1. The third-order valence-electron chi connectivity index (χ3n) is 4.94. The van der Waals surface area contributed by atoms with Crippen LogP contribution in [0.15, 0.2) is 17.2 Å². The first-order chi connectivity index (χ1) is 11.9. The highest BCUT2D eigenvalue weighted by molar-refractivity contribution is 6.31. The van der Waals surface area contributed by atoms with Gasteiger partial charge in [-0.2, -0.15) is 5.10 Å². The molecule has 0 radical (unpaired) electrons. The van der Waals surface area contributed by atoms with Crippen LogP contribution >= 0.6 is 11.6 Å². The van der Waals surface area contributed by atoms with Crippen LogP contribution in [0.2, 0.25) is 0 Å². The van der Waals surface area contributed by atoms with Crippen LogP contribution in [-0.2, 0) is 17.3 Å². The van der Waals surface area contributed by atoms with Gasteiger partial charge in [-0.05, 0) is 34.5 Å². The van der Waals surface area contributed by atoms with Crippen molar-refractivity contribution in [2.75, 3.05) is 0 Å². The Morgan fingerprint density at radius 1 is 1.08 bits per heavy atom. The molecule has 0 aliphatic heterocycles. The third kappa shape index (κ3) is 3.39. The molecule has 1 aromatic carbocycles. The smallest absolute Gasteiger partial charge is 0.146 e. The van der Waals surface area contributed by atoms with Gasteiger partial charge in [0.1, 0.15) is 17.1 Å². The Labute approximate surface area is 160 Å². The average Bonchev–Trinajstić information content (AvgIpc) is 2.88. The highest BCUT2D eigenvalue weighted by Gasteiger charge is 2.27. The molecule has 0 saturated carbocycles. The van der Waals surface area contributed by atoms with E-state index in [1.807, 2.05) is 12.1 Å². The van der Waals surface area contributed by atoms with Crippen molar-refractivity contribution in [1.82, 2.24) is 15.0 Å². The molecule has 4 nitrogen and oxygen atoms in total. The molecule has 1 N–H and O–H groups in total. The average molecular weight is 374 g/mol. The number of rotatable bonds is 1. The molecule has 26 heavy (non-hydrogen) atoms. The van der Waals surface area contributed by atoms with Gasteiger partial charge in [-0.3, -0.25) is 0 Å². The predicted octanol–water partition coefficient (Wildman–Crippen LogP) is 5.34. The van der Waals surface area contributed by atoms with Gasteiger partial charge in [0.25, 0.3) is 0 Å². The third-order valence-corrected chi connectivity index (χ3v) is 5.42. The Bertz CT molecular complexity index is 882. The number of nitrogens with zero attached hydrogens (tertiary/aromatic N) is 3. The zero-order chi connectivity index (χ0) is 19.4. The van der Waals surface area contributed by atoms with Gasteiger partial charge in [-0.25, -0.2) is 0 Å². The number of phenols is 1. The van der Waals surface area contributed by atoms with E-state index in [9.17, 15) is 5.11 Å². The molecule has 0 amide bonds. The molecular formula is C21H28ClN3O. The van der Waals surface area contributed by atoms with Crippen LogP contribution in [0.4, 0.5) is 0 Å². The Hall–Kier alpha value is -1.81. The van der Waals surface area contributed by atoms with Gasteiger partial charge in [0.2, 0.25) is 0 Å². The number of halogens is 1. The summed E-state index contributed by atoms with van der Waals surface area (Å²) in [5.41, 5.74) is 4.13. The normalized spacial score (nSPS) is 17.8. The Morgan fingerprint density at radius 3 is 2.31 bits per heavy atom. The lowest BCUT2D eigenvalue weighted by molar-refractivity contribution is 0.437. The summed E-state index contributed by atoms with van der Waals surface area (Å²) in [6.07, 6.45) is 2.64. The van der Waals surface area contributed by atoms with Crippen LogP contribution in [0.3, 0.4) is 0 Å². The molecule has 2 aromatic rings. The SMILES string of the molecule is CC1Cc2nn(-c3cc(C(C)(C)C)cc(C(C)(C)C)c3O)nc2C=C1Cl. The molecule has 1 unspecified atom stereocenters. The number of aromatic hydroxyl groups is 1. The highest BCUT2D eigenvalue weighted by atomic mass is 35.5. The zero-order valence-electron chi connectivity index (χ0n) is 16.7. The van der Waals surface area contributed by atoms with Crippen LogP contribution < -0.4 is 0 Å². The summed E-state index contributed by atoms with van der Waals surface area (Å²) in [4.78, 5) is 1.56. The second kappa shape index (κ2) is 6.12. The van der Waals surface area contributed by atoms with Crippen LogP contribution in [0.5, 0.6) is 5.75 Å². The summed E-state index contributed by atoms with van der Waals surface area (Å²) in [5.74, 6) is 0.481. The van der Waals surface area contributed by atoms with Crippen molar-refractivity contribution in [3.63, 3.8) is 0 Å². The van der Waals surface area contributed by atoms with Crippen LogP contribution in [-0.4, -0.2) is 20.1 Å². The molecule has 0 spiro atoms. The molecule has 5 heteroatoms. The van der Waals surface area contributed by atoms with E-state index in [0.717, 1.165) is 34.0 Å². The fraction of sp³-hybridized carbons (Fsp3) is 0.524. The standard InChI is InChI=1S/C21H28ClN3O/c1-12-8-16-17(11-15(12)22)24-25(23-16)18-10-13(20(2,3)4)9-14(19(18)26)21(5,6)7/h9-12,26H,8H2,1-7H3. The van der Waals surface area contributed by atoms with Crippen molar-refractivity contribution >= 4 is 17.7 Å². The van der Waals surface area contributed by atoms with Crippen molar-refractivity contribution in [3.8, 4) is 11.4 Å². The van der Waals surface area contributed by atoms with E-state index >= 15 is 0 Å². The summed E-state index contributed by atoms with van der Waals surface area (Å²) in [5, 5.41) is 21.0. The topological polar surface area (TPSA) is 50.9 Å². The molecule has 1 aliphatic rings. The fourth-order valence-electron chi connectivity index (χ4n) is 3.15. The van der Waals surface area contributed by atoms with Gasteiger partial charge in [0.15, 0.2) is 0 Å². The minimum atomic E-state index is -0.190. The number of fused-ring (bicyclic) bond motifs is 1. The van der Waals surface area contributed by atoms with Crippen molar-refractivity contribution in [2.24, 2.45) is 5.92 Å². The van der Waals surface area contributed by atoms with E-state index in [1.165, 1.54) is 0 Å². The van der Waals surface area contributed by atoms with Crippen molar-refractivity contribution in [3.05, 3.63) is 39.7 Å². The fourth-order valence-corrected chi connectivity index (χ4v) is 3.33. The molecule has 1 heterocycles. The summed E-state index contributed by atoms with van der Waals surface area (Å²) in [7, 11) is 0. The molecular weight excluding hydrogens is 346 g/mol. The summed E-state index contributed by atoms with van der Waals surface area (Å²) in [6.45, 7) is 14.9. The molecule has 0 saturated heterocycles. The predicted molar refractivity (Wildman–Crippen MR) is 107 cm³/mol. The quantitative estimate of drug-likeness (QED) is 0.733. The van der Waals surface area contributed by atoms with Gasteiger partial charge in [-0.15, -0.1) is 9.90 Å². The number of hydrogen-bond acceptors (Lipinski definition) is 3. The summed E-state index contributed by atoms with van der Waals surface area (Å²) in [6, 6.07) is 4.09. The number of benzene rings is 1. The van der Waals surface area contributed by atoms with Crippen LogP contribution in [0.25, 0.3) is 11.8 Å². The first-order valence-corrected chi connectivity index (χ1v) is 9.47. The number of phenolic OH excluding ortho intramolecular Hbond substituents is 1. The minimum Gasteiger partial charge on any atom is -0.505 e. The first kappa shape index (κ1) is 19.0. The van der Waals surface area contributed by atoms with E-state index in [-0.39, 0.29) is 22.5 Å². The second-order valence-corrected chi connectivity index (χ2v) is 9.78. The highest BCUT2D eigenvalue weighted by Crippen LogP contribution is 2.39. The molecule has 0 bridgehead atoms. The molecule has 140 valence electrons. The zero-order valence-corrected chi connectivity index (χ0v) is 17.4. The maximum atomic E-state index is 11.0. The number of allylic oxidation sites excluding steroid dienone is 1. The van der Waals surface area contributed by atoms with Crippen LogP contribution in [0, 0.1) is 5.92 Å². The largest absolute Gasteiger partial charge is 0.505 e. The number of aromatic nitrogens is 3. The molecule has 3 rings (SSSR count). The summed E-state index contributed by atoms with van der Waals surface area (Å²) >= 11 is 6.29. The van der Waals surface area contributed by atoms with E-state index < -0.39 is 0 Å². The summed E-state index contributed by atoms with van der Waals surface area (Å²) < 4.78 is 0. The molecule has 0 fully saturated rings. The minimum absolute atomic E-state index is 0.0487. The maximum Gasteiger partial charge on any atom is 0.146 e. The maximum absolute atomic E-state index is 11.0. The molecule has 1 aliphatic carbocycles. The van der Waals surface area contributed by atoms with Gasteiger partial charge < -0.3 is 5.11 Å². The van der Waals surface area contributed by atoms with Gasteiger partial charge in [-0.1, -0.05) is 66.1 Å². The van der Waals surface area contributed by atoms with E-state index in [1.54, 1.807) is 4.80 Å². The van der Waals surface area contributed by atoms with Crippen LogP contribution in [0.1, 0.15) is 71.0 Å². The Balaban J connectivity index is 2.21. The second-order valence-electron chi connectivity index (χ2n) is 9.35. The van der Waals surface area contributed by atoms with Gasteiger partial charge in [0, 0.05) is 17.0 Å². The Morgan fingerprint density at radius 2 is 1.73 bits per heavy atom. The van der Waals surface area contributed by atoms with Gasteiger partial charge in [0.05, 0.1) is 5.69 Å². The molecule has 1 atom stereocenters. The van der Waals surface area contributed by atoms with Crippen molar-refractivity contribution in [1.29, 1.82) is 0 Å². The first-order valence-electron chi connectivity index (χ1n) is 9.09. The lowest BCUT2D eigenvalue weighted by atomic mass is 9.80. The molecule has 1 aromatic heterocycles. The van der Waals surface area contributed by atoms with Gasteiger partial charge >= 0.3 is 0 Å². The van der Waals surface area contributed by atoms with E-state index in [2.05, 4.69) is 64.7 Å².